The third-order valence-corrected chi connectivity index (χ3v) is 1.27. The number of hydrogen-bond donors (Lipinski definition) is 0. The summed E-state index contributed by atoms with van der Waals surface area (Å²) in [5, 5.41) is 0. The van der Waals surface area contributed by atoms with E-state index in [9.17, 15) is 0 Å². The van der Waals surface area contributed by atoms with E-state index in [2.05, 4.69) is 0 Å². The van der Waals surface area contributed by atoms with Gasteiger partial charge in [0.1, 0.15) is 0 Å². The average Bonchev–Trinajstić information content (AvgIpc) is 1.80. The molecule has 3 heteroatoms. The van der Waals surface area contributed by atoms with Crippen molar-refractivity contribution in [3.63, 3.8) is 0 Å². The minimum atomic E-state index is -0.454. The second-order valence-corrected chi connectivity index (χ2v) is 3.56. The van der Waals surface area contributed by atoms with Crippen LogP contribution in [0.5, 0.6) is 0 Å². The molecule has 0 rings (SSSR count). The van der Waals surface area contributed by atoms with Crippen molar-refractivity contribution in [1.29, 1.82) is 0 Å². The minimum Gasteiger partial charge on any atom is -0.354 e. The van der Waals surface area contributed by atoms with Crippen molar-refractivity contribution in [2.45, 2.75) is 31.9 Å². The molecule has 0 fully saturated rings. The molecule has 0 aromatic rings. The molecule has 1 atom stereocenters. The van der Waals surface area contributed by atoms with E-state index >= 15 is 0 Å². The summed E-state index contributed by atoms with van der Waals surface area (Å²) >= 11 is 5.93. The summed E-state index contributed by atoms with van der Waals surface area (Å²) in [7, 11) is 1.59. The highest BCUT2D eigenvalue weighted by atomic mass is 35.5. The van der Waals surface area contributed by atoms with Crippen molar-refractivity contribution < 1.29 is 9.47 Å². The molecule has 2 nitrogen and oxygen atoms in total. The molecule has 0 aliphatic carbocycles. The Bertz CT molecular complexity index is 88.1. The summed E-state index contributed by atoms with van der Waals surface area (Å²) in [4.78, 5) is -0.454. The molecule has 0 radical (unpaired) electrons. The van der Waals surface area contributed by atoms with Crippen LogP contribution in [-0.2, 0) is 9.47 Å². The Balaban J connectivity index is 3.81. The van der Waals surface area contributed by atoms with Gasteiger partial charge in [0.2, 0.25) is 0 Å². The fourth-order valence-corrected chi connectivity index (χ4v) is 0.850. The highest BCUT2D eigenvalue weighted by molar-refractivity contribution is 6.23. The zero-order chi connectivity index (χ0) is 8.20. The van der Waals surface area contributed by atoms with Gasteiger partial charge in [-0.05, 0) is 20.8 Å². The molecule has 62 valence electrons. The van der Waals surface area contributed by atoms with Crippen LogP contribution >= 0.6 is 11.6 Å². The summed E-state index contributed by atoms with van der Waals surface area (Å²) in [5.74, 6) is 0. The molecule has 0 N–H and O–H groups in total. The van der Waals surface area contributed by atoms with E-state index in [0.29, 0.717) is 6.61 Å². The molecule has 0 saturated heterocycles. The predicted molar refractivity (Wildman–Crippen MR) is 42.4 cm³/mol. The summed E-state index contributed by atoms with van der Waals surface area (Å²) in [5.41, 5.74) is 0. The second-order valence-electron chi connectivity index (χ2n) is 2.59. The maximum Gasteiger partial charge on any atom is 0.175 e. The van der Waals surface area contributed by atoms with Crippen LogP contribution in [0.3, 0.4) is 0 Å². The van der Waals surface area contributed by atoms with E-state index in [0.717, 1.165) is 0 Å². The van der Waals surface area contributed by atoms with Gasteiger partial charge in [0.25, 0.3) is 0 Å². The highest BCUT2D eigenvalue weighted by Crippen LogP contribution is 2.21. The second kappa shape index (κ2) is 4.16. The fraction of sp³-hybridized carbons (Fsp3) is 1.00. The number of halogens is 1. The van der Waals surface area contributed by atoms with Gasteiger partial charge in [-0.3, -0.25) is 0 Å². The normalized spacial score (nSPS) is 15.3. The lowest BCUT2D eigenvalue weighted by atomic mass is 10.2. The summed E-state index contributed by atoms with van der Waals surface area (Å²) < 4.78 is 10.2. The molecule has 0 bridgehead atoms. The quantitative estimate of drug-likeness (QED) is 0.470. The molecular formula is C7H15ClO2. The van der Waals surface area contributed by atoms with Gasteiger partial charge in [-0.2, -0.15) is 0 Å². The first-order chi connectivity index (χ1) is 4.52. The molecule has 0 aromatic carbocycles. The van der Waals surface area contributed by atoms with E-state index in [4.69, 9.17) is 21.1 Å². The topological polar surface area (TPSA) is 18.5 Å². The van der Waals surface area contributed by atoms with Crippen molar-refractivity contribution in [2.24, 2.45) is 0 Å². The van der Waals surface area contributed by atoms with Crippen LogP contribution in [0.2, 0.25) is 0 Å². The lowest BCUT2D eigenvalue weighted by molar-refractivity contribution is -0.136. The fourth-order valence-electron chi connectivity index (χ4n) is 0.698. The number of methoxy groups -OCH3 is 1. The van der Waals surface area contributed by atoms with Crippen molar-refractivity contribution in [1.82, 2.24) is 0 Å². The van der Waals surface area contributed by atoms with Crippen molar-refractivity contribution in [2.75, 3.05) is 13.7 Å². The van der Waals surface area contributed by atoms with Crippen LogP contribution in [0.25, 0.3) is 0 Å². The number of ether oxygens (including phenoxy) is 2. The number of rotatable bonds is 4. The van der Waals surface area contributed by atoms with Gasteiger partial charge < -0.3 is 9.47 Å². The molecule has 0 aliphatic rings. The zero-order valence-corrected chi connectivity index (χ0v) is 7.73. The largest absolute Gasteiger partial charge is 0.354 e. The molecule has 10 heavy (non-hydrogen) atoms. The highest BCUT2D eigenvalue weighted by Gasteiger charge is 2.26. The predicted octanol–water partition coefficient (Wildman–Crippen LogP) is 2.01. The number of alkyl halides is 1. The van der Waals surface area contributed by atoms with Crippen molar-refractivity contribution in [3.8, 4) is 0 Å². The first kappa shape index (κ1) is 10.2. The zero-order valence-electron chi connectivity index (χ0n) is 6.98. The molecule has 1 unspecified atom stereocenters. The third kappa shape index (κ3) is 3.40. The first-order valence-electron chi connectivity index (χ1n) is 3.35. The standard InChI is InChI=1S/C7H15ClO2/c1-5-10-6(9-4)7(2,3)8/h6H,5H2,1-4H3. The Kier molecular flexibility index (Phi) is 4.25. The molecule has 0 heterocycles. The van der Waals surface area contributed by atoms with Crippen molar-refractivity contribution >= 4 is 11.6 Å². The Labute approximate surface area is 67.5 Å². The molecule has 0 amide bonds. The van der Waals surface area contributed by atoms with Crippen LogP contribution in [-0.4, -0.2) is 24.9 Å². The average molecular weight is 167 g/mol. The third-order valence-electron chi connectivity index (χ3n) is 1.09. The van der Waals surface area contributed by atoms with E-state index < -0.39 is 4.87 Å². The van der Waals surface area contributed by atoms with E-state index in [1.807, 2.05) is 20.8 Å². The van der Waals surface area contributed by atoms with Crippen LogP contribution in [0.1, 0.15) is 20.8 Å². The Morgan fingerprint density at radius 1 is 1.50 bits per heavy atom. The Hall–Kier alpha value is 0.210. The molecule has 0 saturated carbocycles. The summed E-state index contributed by atoms with van der Waals surface area (Å²) in [6.07, 6.45) is -0.320. The maximum atomic E-state index is 5.93. The molecule has 0 aliphatic heterocycles. The lowest BCUT2D eigenvalue weighted by Gasteiger charge is -2.26. The van der Waals surface area contributed by atoms with Gasteiger partial charge in [-0.25, -0.2) is 0 Å². The first-order valence-corrected chi connectivity index (χ1v) is 3.73. The summed E-state index contributed by atoms with van der Waals surface area (Å²) in [6, 6.07) is 0. The number of hydrogen-bond acceptors (Lipinski definition) is 2. The Morgan fingerprint density at radius 2 is 2.00 bits per heavy atom. The van der Waals surface area contributed by atoms with Crippen LogP contribution in [0, 0.1) is 0 Å². The maximum absolute atomic E-state index is 5.93. The van der Waals surface area contributed by atoms with Gasteiger partial charge in [-0.15, -0.1) is 11.6 Å². The van der Waals surface area contributed by atoms with Gasteiger partial charge >= 0.3 is 0 Å². The van der Waals surface area contributed by atoms with E-state index in [-0.39, 0.29) is 6.29 Å². The molecule has 0 aromatic heterocycles. The van der Waals surface area contributed by atoms with Gasteiger partial charge in [-0.1, -0.05) is 0 Å². The minimum absolute atomic E-state index is 0.320. The van der Waals surface area contributed by atoms with Gasteiger partial charge in [0, 0.05) is 13.7 Å². The van der Waals surface area contributed by atoms with Crippen LogP contribution < -0.4 is 0 Å². The Morgan fingerprint density at radius 3 is 2.10 bits per heavy atom. The molecular weight excluding hydrogens is 152 g/mol. The SMILES string of the molecule is CCOC(OC)C(C)(C)Cl. The van der Waals surface area contributed by atoms with Crippen LogP contribution in [0.15, 0.2) is 0 Å². The monoisotopic (exact) mass is 166 g/mol. The summed E-state index contributed by atoms with van der Waals surface area (Å²) in [6.45, 7) is 6.25. The van der Waals surface area contributed by atoms with E-state index in [1.165, 1.54) is 0 Å². The molecule has 0 spiro atoms. The van der Waals surface area contributed by atoms with Gasteiger partial charge in [0.15, 0.2) is 6.29 Å². The van der Waals surface area contributed by atoms with Crippen molar-refractivity contribution in [3.05, 3.63) is 0 Å². The van der Waals surface area contributed by atoms with E-state index in [1.54, 1.807) is 7.11 Å². The van der Waals surface area contributed by atoms with Gasteiger partial charge in [0.05, 0.1) is 4.87 Å². The lowest BCUT2D eigenvalue weighted by Crippen LogP contribution is -2.34. The smallest absolute Gasteiger partial charge is 0.175 e. The van der Waals surface area contributed by atoms with Crippen LogP contribution in [0.4, 0.5) is 0 Å².